The second kappa shape index (κ2) is 14.3. The van der Waals surface area contributed by atoms with Gasteiger partial charge in [-0.15, -0.1) is 0 Å². The molecule has 0 amide bonds. The fraction of sp³-hybridized carbons (Fsp3) is 0.0435. The fourth-order valence-electron chi connectivity index (χ4n) is 5.87. The summed E-state index contributed by atoms with van der Waals surface area (Å²) in [5.41, 5.74) is 8.19. The first kappa shape index (κ1) is 32.0. The molecule has 0 saturated carbocycles. The van der Waals surface area contributed by atoms with Crippen molar-refractivity contribution in [3.8, 4) is 45.3 Å². The van der Waals surface area contributed by atoms with Gasteiger partial charge in [0.05, 0.1) is 0 Å². The Balaban J connectivity index is 1.13. The van der Waals surface area contributed by atoms with Crippen LogP contribution in [0.2, 0.25) is 0 Å². The van der Waals surface area contributed by atoms with Crippen LogP contribution in [-0.4, -0.2) is 11.6 Å². The molecule has 0 bridgehead atoms. The zero-order valence-corrected chi connectivity index (χ0v) is 27.8. The number of benzene rings is 7. The van der Waals surface area contributed by atoms with Crippen LogP contribution in [-0.2, 0) is 0 Å². The van der Waals surface area contributed by atoms with Crippen LogP contribution >= 0.6 is 0 Å². The average molecular weight is 651 g/mol. The molecule has 0 saturated heterocycles. The molecule has 0 aliphatic carbocycles. The van der Waals surface area contributed by atoms with E-state index in [1.807, 2.05) is 147 Å². The van der Waals surface area contributed by atoms with E-state index in [1.165, 1.54) is 0 Å². The van der Waals surface area contributed by atoms with Crippen LogP contribution < -0.4 is 9.47 Å². The second-order valence-electron chi connectivity index (χ2n) is 12.1. The standard InChI is InChI=1S/C46H34O4/c1-31-10-6-8-14-43(31)49-39-25-20-36(21-26-39)45(47)35-18-16-34(17-19-35)42-30-38(24-29-41(42)33-12-4-3-5-13-33)46(48)37-22-27-40(28-23-37)50-44-15-9-7-11-32(44)2/h3-30H,1-2H3. The van der Waals surface area contributed by atoms with E-state index in [2.05, 4.69) is 12.1 Å². The molecule has 0 radical (unpaired) electrons. The first-order chi connectivity index (χ1) is 24.4. The van der Waals surface area contributed by atoms with Crippen molar-refractivity contribution < 1.29 is 19.1 Å². The maximum atomic E-state index is 13.8. The van der Waals surface area contributed by atoms with Crippen molar-refractivity contribution in [2.24, 2.45) is 0 Å². The van der Waals surface area contributed by atoms with Gasteiger partial charge in [0.1, 0.15) is 23.0 Å². The van der Waals surface area contributed by atoms with E-state index < -0.39 is 0 Å². The van der Waals surface area contributed by atoms with Gasteiger partial charge >= 0.3 is 0 Å². The molecule has 0 N–H and O–H groups in total. The van der Waals surface area contributed by atoms with Gasteiger partial charge in [-0.25, -0.2) is 0 Å². The minimum absolute atomic E-state index is 0.0824. The van der Waals surface area contributed by atoms with E-state index >= 15 is 0 Å². The van der Waals surface area contributed by atoms with Crippen LogP contribution in [0.25, 0.3) is 22.3 Å². The van der Waals surface area contributed by atoms with Crippen molar-refractivity contribution in [2.45, 2.75) is 13.8 Å². The summed E-state index contributed by atoms with van der Waals surface area (Å²) in [5, 5.41) is 0. The Morgan fingerprint density at radius 2 is 0.780 bits per heavy atom. The van der Waals surface area contributed by atoms with Gasteiger partial charge in [-0.1, -0.05) is 103 Å². The fourth-order valence-corrected chi connectivity index (χ4v) is 5.87. The Morgan fingerprint density at radius 1 is 0.380 bits per heavy atom. The number of hydrogen-bond acceptors (Lipinski definition) is 4. The van der Waals surface area contributed by atoms with Crippen molar-refractivity contribution >= 4 is 11.6 Å². The topological polar surface area (TPSA) is 52.6 Å². The molecule has 0 atom stereocenters. The monoisotopic (exact) mass is 650 g/mol. The predicted octanol–water partition coefficient (Wildman–Crippen LogP) is 11.7. The van der Waals surface area contributed by atoms with Gasteiger partial charge in [-0.2, -0.15) is 0 Å². The third-order valence-corrected chi connectivity index (χ3v) is 8.70. The summed E-state index contributed by atoms with van der Waals surface area (Å²) in [6, 6.07) is 53.5. The number of carbonyl (C=O) groups excluding carboxylic acids is 2. The SMILES string of the molecule is Cc1ccccc1Oc1ccc(C(=O)c2ccc(-c3cc(C(=O)c4ccc(Oc5ccccc5C)cc4)ccc3-c3ccccc3)cc2)cc1. The minimum Gasteiger partial charge on any atom is -0.457 e. The van der Waals surface area contributed by atoms with E-state index in [-0.39, 0.29) is 11.6 Å². The van der Waals surface area contributed by atoms with E-state index in [0.29, 0.717) is 33.8 Å². The maximum Gasteiger partial charge on any atom is 0.193 e. The largest absolute Gasteiger partial charge is 0.457 e. The van der Waals surface area contributed by atoms with Gasteiger partial charge in [-0.3, -0.25) is 9.59 Å². The molecule has 242 valence electrons. The summed E-state index contributed by atoms with van der Waals surface area (Å²) in [5.74, 6) is 2.72. The third kappa shape index (κ3) is 7.01. The molecule has 0 aliphatic heterocycles. The zero-order valence-electron chi connectivity index (χ0n) is 27.8. The number of rotatable bonds is 10. The molecule has 0 heterocycles. The van der Waals surface area contributed by atoms with Gasteiger partial charge in [-0.05, 0) is 114 Å². The Hall–Kier alpha value is -6.52. The molecule has 0 aromatic heterocycles. The lowest BCUT2D eigenvalue weighted by Gasteiger charge is -2.14. The molecular formula is C46H34O4. The molecule has 7 aromatic rings. The van der Waals surface area contributed by atoms with Gasteiger partial charge in [0.25, 0.3) is 0 Å². The number of ether oxygens (including phenoxy) is 2. The Morgan fingerprint density at radius 3 is 1.28 bits per heavy atom. The highest BCUT2D eigenvalue weighted by molar-refractivity contribution is 6.11. The lowest BCUT2D eigenvalue weighted by atomic mass is 9.90. The van der Waals surface area contributed by atoms with Crippen LogP contribution in [0.1, 0.15) is 43.0 Å². The summed E-state index contributed by atoms with van der Waals surface area (Å²) < 4.78 is 12.0. The lowest BCUT2D eigenvalue weighted by Crippen LogP contribution is -2.03. The second-order valence-corrected chi connectivity index (χ2v) is 12.1. The van der Waals surface area contributed by atoms with Gasteiger partial charge in [0.15, 0.2) is 11.6 Å². The molecule has 7 aromatic carbocycles. The molecule has 0 fully saturated rings. The predicted molar refractivity (Wildman–Crippen MR) is 200 cm³/mol. The van der Waals surface area contributed by atoms with Crippen molar-refractivity contribution in [1.29, 1.82) is 0 Å². The molecule has 7 rings (SSSR count). The molecular weight excluding hydrogens is 617 g/mol. The number of para-hydroxylation sites is 2. The maximum absolute atomic E-state index is 13.8. The van der Waals surface area contributed by atoms with E-state index in [0.717, 1.165) is 44.9 Å². The van der Waals surface area contributed by atoms with Crippen LogP contribution in [0, 0.1) is 13.8 Å². The summed E-state index contributed by atoms with van der Waals surface area (Å²) in [6.45, 7) is 3.99. The van der Waals surface area contributed by atoms with Crippen LogP contribution in [0.15, 0.2) is 170 Å². The van der Waals surface area contributed by atoms with Crippen molar-refractivity contribution in [3.63, 3.8) is 0 Å². The average Bonchev–Trinajstić information content (AvgIpc) is 3.17. The summed E-state index contributed by atoms with van der Waals surface area (Å²) in [7, 11) is 0. The van der Waals surface area contributed by atoms with Crippen LogP contribution in [0.3, 0.4) is 0 Å². The van der Waals surface area contributed by atoms with Crippen LogP contribution in [0.5, 0.6) is 23.0 Å². The quantitative estimate of drug-likeness (QED) is 0.138. The Kier molecular flexibility index (Phi) is 9.17. The minimum atomic E-state index is -0.0880. The molecule has 0 aliphatic rings. The molecule has 4 heteroatoms. The van der Waals surface area contributed by atoms with E-state index in [1.54, 1.807) is 24.3 Å². The van der Waals surface area contributed by atoms with Gasteiger partial charge in [0.2, 0.25) is 0 Å². The van der Waals surface area contributed by atoms with Gasteiger partial charge in [0, 0.05) is 22.3 Å². The third-order valence-electron chi connectivity index (χ3n) is 8.70. The normalized spacial score (nSPS) is 10.8. The Bertz CT molecular complexity index is 2290. The first-order valence-corrected chi connectivity index (χ1v) is 16.5. The molecule has 50 heavy (non-hydrogen) atoms. The highest BCUT2D eigenvalue weighted by atomic mass is 16.5. The molecule has 4 nitrogen and oxygen atoms in total. The number of hydrogen-bond donors (Lipinski definition) is 0. The highest BCUT2D eigenvalue weighted by Crippen LogP contribution is 2.35. The summed E-state index contributed by atoms with van der Waals surface area (Å²) in [4.78, 5) is 27.2. The summed E-state index contributed by atoms with van der Waals surface area (Å²) >= 11 is 0. The van der Waals surface area contributed by atoms with E-state index in [9.17, 15) is 9.59 Å². The lowest BCUT2D eigenvalue weighted by molar-refractivity contribution is 0.103. The number of aryl methyl sites for hydroxylation is 2. The smallest absolute Gasteiger partial charge is 0.193 e. The zero-order chi connectivity index (χ0) is 34.5. The van der Waals surface area contributed by atoms with Crippen LogP contribution in [0.4, 0.5) is 0 Å². The Labute approximate surface area is 292 Å². The van der Waals surface area contributed by atoms with Crippen molar-refractivity contribution in [3.05, 3.63) is 203 Å². The van der Waals surface area contributed by atoms with Gasteiger partial charge < -0.3 is 9.47 Å². The molecule has 0 spiro atoms. The van der Waals surface area contributed by atoms with E-state index in [4.69, 9.17) is 9.47 Å². The first-order valence-electron chi connectivity index (χ1n) is 16.5. The molecule has 0 unspecified atom stereocenters. The highest BCUT2D eigenvalue weighted by Gasteiger charge is 2.16. The number of carbonyl (C=O) groups is 2. The van der Waals surface area contributed by atoms with Crippen molar-refractivity contribution in [2.75, 3.05) is 0 Å². The summed E-state index contributed by atoms with van der Waals surface area (Å²) in [6.07, 6.45) is 0. The number of ketones is 2. The van der Waals surface area contributed by atoms with Crippen molar-refractivity contribution in [1.82, 2.24) is 0 Å².